The fourth-order valence-electron chi connectivity index (χ4n) is 2.27. The number of aryl methyl sites for hydroxylation is 1. The van der Waals surface area contributed by atoms with Crippen molar-refractivity contribution in [2.75, 3.05) is 11.9 Å². The molecule has 1 unspecified atom stereocenters. The molecular formula is C16H15BrN2. The van der Waals surface area contributed by atoms with Gasteiger partial charge in [-0.15, -0.1) is 0 Å². The molecule has 3 rings (SSSR count). The molecule has 1 aliphatic heterocycles. The van der Waals surface area contributed by atoms with E-state index in [1.54, 1.807) is 0 Å². The second kappa shape index (κ2) is 4.82. The van der Waals surface area contributed by atoms with Gasteiger partial charge in [0.05, 0.1) is 17.1 Å². The van der Waals surface area contributed by atoms with Crippen LogP contribution < -0.4 is 4.90 Å². The minimum Gasteiger partial charge on any atom is -0.355 e. The van der Waals surface area contributed by atoms with Gasteiger partial charge in [-0.2, -0.15) is 0 Å². The van der Waals surface area contributed by atoms with Crippen molar-refractivity contribution in [1.82, 2.24) is 0 Å². The number of nitrogens with zero attached hydrogens (tertiary/aromatic N) is 2. The molecule has 19 heavy (non-hydrogen) atoms. The Kier molecular flexibility index (Phi) is 3.15. The number of anilines is 1. The van der Waals surface area contributed by atoms with E-state index in [2.05, 4.69) is 71.2 Å². The van der Waals surface area contributed by atoms with E-state index in [1.807, 2.05) is 12.1 Å². The number of halogens is 1. The maximum absolute atomic E-state index is 4.80. The van der Waals surface area contributed by atoms with Gasteiger partial charge in [0, 0.05) is 7.05 Å². The second-order valence-electron chi connectivity index (χ2n) is 4.80. The fraction of sp³-hybridized carbons (Fsp3) is 0.188. The van der Waals surface area contributed by atoms with Crippen LogP contribution in [0.15, 0.2) is 53.5 Å². The minimum absolute atomic E-state index is 0.102. The fourth-order valence-corrected chi connectivity index (χ4v) is 2.86. The first-order valence-corrected chi connectivity index (χ1v) is 7.20. The molecule has 0 saturated carbocycles. The molecule has 1 heterocycles. The Bertz CT molecular complexity index is 631. The van der Waals surface area contributed by atoms with Crippen LogP contribution >= 0.6 is 15.9 Å². The molecule has 0 bridgehead atoms. The number of hydrogen-bond donors (Lipinski definition) is 0. The van der Waals surface area contributed by atoms with Gasteiger partial charge in [-0.05, 0) is 24.6 Å². The summed E-state index contributed by atoms with van der Waals surface area (Å²) in [6.45, 7) is 2.10. The zero-order chi connectivity index (χ0) is 13.4. The van der Waals surface area contributed by atoms with Crippen LogP contribution in [0.25, 0.3) is 0 Å². The van der Waals surface area contributed by atoms with E-state index in [9.17, 15) is 0 Å². The van der Waals surface area contributed by atoms with Crippen LogP contribution in [-0.4, -0.2) is 17.7 Å². The van der Waals surface area contributed by atoms with E-state index in [0.717, 1.165) is 22.6 Å². The molecule has 0 saturated heterocycles. The monoisotopic (exact) mass is 314 g/mol. The number of aliphatic imine (C=N–C) groups is 1. The normalized spacial score (nSPS) is 17.9. The molecule has 96 valence electrons. The molecule has 1 aliphatic rings. The summed E-state index contributed by atoms with van der Waals surface area (Å²) in [6.07, 6.45) is 0. The molecular weight excluding hydrogens is 300 g/mol. The summed E-state index contributed by atoms with van der Waals surface area (Å²) in [5.74, 6) is 0. The van der Waals surface area contributed by atoms with E-state index < -0.39 is 0 Å². The number of rotatable bonds is 1. The average Bonchev–Trinajstić information content (AvgIpc) is 2.44. The standard InChI is InChI=1S/C16H15BrN2/c1-11-7-9-12(10-8-11)15-16(17)19(2)14-6-4-3-5-13(14)18-15/h3-10,16H,1-2H3. The zero-order valence-electron chi connectivity index (χ0n) is 11.0. The lowest BCUT2D eigenvalue weighted by molar-refractivity contribution is 0.999. The Morgan fingerprint density at radius 1 is 1.05 bits per heavy atom. The van der Waals surface area contributed by atoms with Crippen molar-refractivity contribution in [2.24, 2.45) is 4.99 Å². The van der Waals surface area contributed by atoms with E-state index in [0.29, 0.717) is 0 Å². The van der Waals surface area contributed by atoms with E-state index in [4.69, 9.17) is 4.99 Å². The summed E-state index contributed by atoms with van der Waals surface area (Å²) in [6, 6.07) is 16.7. The highest BCUT2D eigenvalue weighted by molar-refractivity contribution is 9.10. The van der Waals surface area contributed by atoms with E-state index in [1.165, 1.54) is 5.56 Å². The number of alkyl halides is 1. The summed E-state index contributed by atoms with van der Waals surface area (Å²) in [4.78, 5) is 7.11. The maximum atomic E-state index is 4.80. The van der Waals surface area contributed by atoms with Crippen molar-refractivity contribution < 1.29 is 0 Å². The first kappa shape index (κ1) is 12.4. The van der Waals surface area contributed by atoms with Crippen molar-refractivity contribution in [1.29, 1.82) is 0 Å². The number of hydrogen-bond acceptors (Lipinski definition) is 2. The van der Waals surface area contributed by atoms with Crippen LogP contribution in [0.4, 0.5) is 11.4 Å². The molecule has 0 N–H and O–H groups in total. The Balaban J connectivity index is 2.11. The quantitative estimate of drug-likeness (QED) is 0.566. The molecule has 0 fully saturated rings. The molecule has 0 radical (unpaired) electrons. The largest absolute Gasteiger partial charge is 0.355 e. The van der Waals surface area contributed by atoms with Gasteiger partial charge in [0.15, 0.2) is 0 Å². The molecule has 0 spiro atoms. The Morgan fingerprint density at radius 3 is 2.47 bits per heavy atom. The van der Waals surface area contributed by atoms with E-state index >= 15 is 0 Å². The number of para-hydroxylation sites is 2. The van der Waals surface area contributed by atoms with E-state index in [-0.39, 0.29) is 4.95 Å². The van der Waals surface area contributed by atoms with Crippen LogP contribution in [0, 0.1) is 6.92 Å². The molecule has 3 heteroatoms. The van der Waals surface area contributed by atoms with Crippen LogP contribution in [0.5, 0.6) is 0 Å². The van der Waals surface area contributed by atoms with Gasteiger partial charge in [-0.1, -0.05) is 57.9 Å². The van der Waals surface area contributed by atoms with Gasteiger partial charge in [-0.3, -0.25) is 0 Å². The maximum Gasteiger partial charge on any atom is 0.128 e. The predicted octanol–water partition coefficient (Wildman–Crippen LogP) is 4.29. The molecule has 2 nitrogen and oxygen atoms in total. The number of fused-ring (bicyclic) bond motifs is 1. The summed E-state index contributed by atoms with van der Waals surface area (Å²) in [7, 11) is 2.08. The third-order valence-electron chi connectivity index (χ3n) is 3.42. The van der Waals surface area contributed by atoms with Crippen molar-refractivity contribution in [3.05, 3.63) is 59.7 Å². The van der Waals surface area contributed by atoms with Gasteiger partial charge in [0.2, 0.25) is 0 Å². The molecule has 0 aromatic heterocycles. The number of likely N-dealkylation sites (N-methyl/N-ethyl adjacent to an activating group) is 1. The molecule has 2 aromatic carbocycles. The smallest absolute Gasteiger partial charge is 0.128 e. The average molecular weight is 315 g/mol. The Hall–Kier alpha value is -1.61. The molecule has 2 aromatic rings. The van der Waals surface area contributed by atoms with Crippen molar-refractivity contribution in [2.45, 2.75) is 11.9 Å². The molecule has 0 aliphatic carbocycles. The van der Waals surface area contributed by atoms with Gasteiger partial charge in [0.1, 0.15) is 4.95 Å². The number of benzene rings is 2. The van der Waals surface area contributed by atoms with Crippen LogP contribution in [0.3, 0.4) is 0 Å². The highest BCUT2D eigenvalue weighted by Crippen LogP contribution is 2.36. The summed E-state index contributed by atoms with van der Waals surface area (Å²) >= 11 is 3.74. The highest BCUT2D eigenvalue weighted by atomic mass is 79.9. The van der Waals surface area contributed by atoms with Crippen LogP contribution in [-0.2, 0) is 0 Å². The first-order valence-electron chi connectivity index (χ1n) is 6.28. The van der Waals surface area contributed by atoms with Gasteiger partial charge >= 0.3 is 0 Å². The van der Waals surface area contributed by atoms with Crippen LogP contribution in [0.1, 0.15) is 11.1 Å². The predicted molar refractivity (Wildman–Crippen MR) is 84.9 cm³/mol. The summed E-state index contributed by atoms with van der Waals surface area (Å²) < 4.78 is 0. The van der Waals surface area contributed by atoms with Gasteiger partial charge < -0.3 is 4.90 Å². The lowest BCUT2D eigenvalue weighted by Crippen LogP contribution is -2.36. The van der Waals surface area contributed by atoms with Gasteiger partial charge in [0.25, 0.3) is 0 Å². The molecule has 1 atom stereocenters. The third-order valence-corrected chi connectivity index (χ3v) is 4.46. The first-order chi connectivity index (χ1) is 9.16. The van der Waals surface area contributed by atoms with Crippen LogP contribution in [0.2, 0.25) is 0 Å². The van der Waals surface area contributed by atoms with Crippen molar-refractivity contribution in [3.8, 4) is 0 Å². The van der Waals surface area contributed by atoms with Crippen molar-refractivity contribution in [3.63, 3.8) is 0 Å². The second-order valence-corrected chi connectivity index (χ2v) is 5.67. The van der Waals surface area contributed by atoms with Crippen molar-refractivity contribution >= 4 is 33.0 Å². The zero-order valence-corrected chi connectivity index (χ0v) is 12.6. The minimum atomic E-state index is 0.102. The third kappa shape index (κ3) is 2.19. The highest BCUT2D eigenvalue weighted by Gasteiger charge is 2.25. The molecule has 0 amide bonds. The Morgan fingerprint density at radius 2 is 1.74 bits per heavy atom. The lowest BCUT2D eigenvalue weighted by atomic mass is 10.1. The lowest BCUT2D eigenvalue weighted by Gasteiger charge is -2.32. The Labute approximate surface area is 121 Å². The summed E-state index contributed by atoms with van der Waals surface area (Å²) in [5.41, 5.74) is 5.66. The SMILES string of the molecule is Cc1ccc(C2=Nc3ccccc3N(C)C2Br)cc1. The van der Waals surface area contributed by atoms with Gasteiger partial charge in [-0.25, -0.2) is 4.99 Å². The summed E-state index contributed by atoms with van der Waals surface area (Å²) in [5, 5.41) is 0. The topological polar surface area (TPSA) is 15.6 Å².